The maximum absolute atomic E-state index is 12.3. The van der Waals surface area contributed by atoms with Gasteiger partial charge in [-0.2, -0.15) is 5.10 Å². The minimum absolute atomic E-state index is 0.0289. The minimum atomic E-state index is -3.70. The van der Waals surface area contributed by atoms with Gasteiger partial charge in [-0.15, -0.1) is 0 Å². The molecule has 0 bridgehead atoms. The van der Waals surface area contributed by atoms with Crippen LogP contribution in [0, 0.1) is 24.0 Å². The Morgan fingerprint density at radius 2 is 1.85 bits per heavy atom. The zero-order chi connectivity index (χ0) is 24.2. The predicted molar refractivity (Wildman–Crippen MR) is 125 cm³/mol. The third-order valence-corrected chi connectivity index (χ3v) is 5.81. The third-order valence-electron chi connectivity index (χ3n) is 4.68. The molecule has 0 aliphatic heterocycles. The van der Waals surface area contributed by atoms with E-state index in [0.717, 1.165) is 21.7 Å². The molecular formula is C22H22N4O6S. The Morgan fingerprint density at radius 3 is 2.45 bits per heavy atom. The molecule has 0 aliphatic rings. The number of nitrogens with one attached hydrogen (secondary N) is 1. The van der Waals surface area contributed by atoms with Crippen LogP contribution in [0.2, 0.25) is 0 Å². The molecule has 0 spiro atoms. The summed E-state index contributed by atoms with van der Waals surface area (Å²) in [6, 6.07) is 14.4. The fraction of sp³-hybridized carbons (Fsp3) is 0.182. The largest absolute Gasteiger partial charge is 0.455 e. The first-order chi connectivity index (χ1) is 15.5. The summed E-state index contributed by atoms with van der Waals surface area (Å²) in [7, 11) is -3.70. The number of furan rings is 1. The number of sulfonamides is 1. The lowest BCUT2D eigenvalue weighted by Gasteiger charge is -2.23. The van der Waals surface area contributed by atoms with Crippen molar-refractivity contribution in [3.8, 4) is 11.3 Å². The van der Waals surface area contributed by atoms with Crippen LogP contribution in [0.25, 0.3) is 11.3 Å². The van der Waals surface area contributed by atoms with Gasteiger partial charge in [-0.05, 0) is 49.7 Å². The average Bonchev–Trinajstić information content (AvgIpc) is 3.21. The molecule has 10 nitrogen and oxygen atoms in total. The van der Waals surface area contributed by atoms with Gasteiger partial charge in [0.2, 0.25) is 10.0 Å². The van der Waals surface area contributed by atoms with Gasteiger partial charge in [0.1, 0.15) is 18.1 Å². The van der Waals surface area contributed by atoms with Crippen LogP contribution in [-0.4, -0.2) is 38.3 Å². The van der Waals surface area contributed by atoms with Gasteiger partial charge in [-0.25, -0.2) is 13.8 Å². The Labute approximate surface area is 190 Å². The fourth-order valence-corrected chi connectivity index (χ4v) is 4.04. The molecule has 0 aliphatic carbocycles. The topological polar surface area (TPSA) is 135 Å². The van der Waals surface area contributed by atoms with Crippen molar-refractivity contribution >= 4 is 33.5 Å². The number of hydrazone groups is 1. The number of carbonyl (C=O) groups is 1. The molecule has 2 aromatic carbocycles. The van der Waals surface area contributed by atoms with Crippen LogP contribution >= 0.6 is 0 Å². The SMILES string of the molecule is Cc1ccc(N(CC(=O)N/N=C/c2ccc(-c3ccc([N+](=O)[O-])cc3)o2)S(C)(=O)=O)c(C)c1. The molecule has 1 heterocycles. The summed E-state index contributed by atoms with van der Waals surface area (Å²) >= 11 is 0. The summed E-state index contributed by atoms with van der Waals surface area (Å²) in [5.74, 6) is 0.174. The van der Waals surface area contributed by atoms with E-state index in [1.165, 1.54) is 18.3 Å². The van der Waals surface area contributed by atoms with Gasteiger partial charge in [0.05, 0.1) is 23.1 Å². The molecule has 33 heavy (non-hydrogen) atoms. The van der Waals surface area contributed by atoms with Crippen molar-refractivity contribution in [1.29, 1.82) is 0 Å². The molecule has 172 valence electrons. The number of nitro groups is 1. The molecule has 1 aromatic heterocycles. The van der Waals surface area contributed by atoms with Gasteiger partial charge in [-0.1, -0.05) is 17.7 Å². The molecule has 11 heteroatoms. The van der Waals surface area contributed by atoms with E-state index in [1.807, 2.05) is 13.0 Å². The molecule has 1 N–H and O–H groups in total. The quantitative estimate of drug-likeness (QED) is 0.305. The molecule has 0 radical (unpaired) electrons. The Morgan fingerprint density at radius 1 is 1.15 bits per heavy atom. The molecule has 1 amide bonds. The fourth-order valence-electron chi connectivity index (χ4n) is 3.12. The van der Waals surface area contributed by atoms with Gasteiger partial charge in [0.15, 0.2) is 0 Å². The summed E-state index contributed by atoms with van der Waals surface area (Å²) in [5.41, 5.74) is 5.03. The average molecular weight is 471 g/mol. The summed E-state index contributed by atoms with van der Waals surface area (Å²) in [6.45, 7) is 3.23. The Bertz CT molecular complexity index is 1310. The number of carbonyl (C=O) groups excluding carboxylic acids is 1. The van der Waals surface area contributed by atoms with Crippen molar-refractivity contribution in [1.82, 2.24) is 5.43 Å². The van der Waals surface area contributed by atoms with E-state index in [1.54, 1.807) is 43.3 Å². The molecular weight excluding hydrogens is 448 g/mol. The van der Waals surface area contributed by atoms with E-state index in [-0.39, 0.29) is 5.69 Å². The normalized spacial score (nSPS) is 11.5. The van der Waals surface area contributed by atoms with Gasteiger partial charge in [0.25, 0.3) is 11.6 Å². The van der Waals surface area contributed by atoms with Crippen molar-refractivity contribution in [2.75, 3.05) is 17.1 Å². The zero-order valence-electron chi connectivity index (χ0n) is 18.2. The lowest BCUT2D eigenvalue weighted by atomic mass is 10.1. The van der Waals surface area contributed by atoms with Crippen LogP contribution < -0.4 is 9.73 Å². The first kappa shape index (κ1) is 23.7. The minimum Gasteiger partial charge on any atom is -0.455 e. The van der Waals surface area contributed by atoms with Crippen molar-refractivity contribution in [3.05, 3.63) is 81.6 Å². The Hall–Kier alpha value is -3.99. The van der Waals surface area contributed by atoms with Crippen LogP contribution in [0.1, 0.15) is 16.9 Å². The highest BCUT2D eigenvalue weighted by atomic mass is 32.2. The number of non-ortho nitro benzene ring substituents is 1. The number of nitro benzene ring substituents is 1. The van der Waals surface area contributed by atoms with Gasteiger partial charge in [0, 0.05) is 17.7 Å². The number of aryl methyl sites for hydroxylation is 2. The maximum Gasteiger partial charge on any atom is 0.269 e. The second-order valence-corrected chi connectivity index (χ2v) is 9.27. The predicted octanol–water partition coefficient (Wildman–Crippen LogP) is 3.39. The highest BCUT2D eigenvalue weighted by molar-refractivity contribution is 7.92. The lowest BCUT2D eigenvalue weighted by molar-refractivity contribution is -0.384. The van der Waals surface area contributed by atoms with E-state index in [0.29, 0.717) is 22.8 Å². The Balaban J connectivity index is 1.66. The maximum atomic E-state index is 12.3. The third kappa shape index (κ3) is 6.04. The highest BCUT2D eigenvalue weighted by Crippen LogP contribution is 2.24. The monoisotopic (exact) mass is 470 g/mol. The van der Waals surface area contributed by atoms with E-state index in [9.17, 15) is 23.3 Å². The van der Waals surface area contributed by atoms with Crippen molar-refractivity contribution in [2.24, 2.45) is 5.10 Å². The number of hydrogen-bond donors (Lipinski definition) is 1. The smallest absolute Gasteiger partial charge is 0.269 e. The van der Waals surface area contributed by atoms with E-state index in [4.69, 9.17) is 4.42 Å². The number of benzene rings is 2. The number of amides is 1. The standard InChI is InChI=1S/C22H22N4O6S/c1-15-4-10-20(16(2)12-15)25(33(3,30)31)14-22(27)24-23-13-19-9-11-21(32-19)17-5-7-18(8-6-17)26(28)29/h4-13H,14H2,1-3H3,(H,24,27)/b23-13+. The summed E-state index contributed by atoms with van der Waals surface area (Å²) in [6.07, 6.45) is 2.31. The van der Waals surface area contributed by atoms with Crippen LogP contribution in [0.15, 0.2) is 64.1 Å². The molecule has 0 atom stereocenters. The first-order valence-corrected chi connectivity index (χ1v) is 11.6. The number of anilines is 1. The Kier molecular flexibility index (Phi) is 6.92. The van der Waals surface area contributed by atoms with Crippen molar-refractivity contribution in [3.63, 3.8) is 0 Å². The van der Waals surface area contributed by atoms with E-state index in [2.05, 4.69) is 10.5 Å². The second kappa shape index (κ2) is 9.65. The van der Waals surface area contributed by atoms with Gasteiger partial charge >= 0.3 is 0 Å². The molecule has 0 saturated heterocycles. The molecule has 0 unspecified atom stereocenters. The molecule has 0 saturated carbocycles. The van der Waals surface area contributed by atoms with E-state index < -0.39 is 27.4 Å². The highest BCUT2D eigenvalue weighted by Gasteiger charge is 2.22. The number of nitrogens with zero attached hydrogens (tertiary/aromatic N) is 3. The summed E-state index contributed by atoms with van der Waals surface area (Å²) in [4.78, 5) is 22.6. The molecule has 0 fully saturated rings. The van der Waals surface area contributed by atoms with Gasteiger partial charge in [-0.3, -0.25) is 19.2 Å². The van der Waals surface area contributed by atoms with Crippen molar-refractivity contribution in [2.45, 2.75) is 13.8 Å². The lowest BCUT2D eigenvalue weighted by Crippen LogP contribution is -2.39. The van der Waals surface area contributed by atoms with Crippen molar-refractivity contribution < 1.29 is 22.6 Å². The number of hydrogen-bond acceptors (Lipinski definition) is 7. The van der Waals surface area contributed by atoms with Crippen LogP contribution in [-0.2, 0) is 14.8 Å². The zero-order valence-corrected chi connectivity index (χ0v) is 19.0. The van der Waals surface area contributed by atoms with Gasteiger partial charge < -0.3 is 4.42 Å². The van der Waals surface area contributed by atoms with Crippen LogP contribution in [0.4, 0.5) is 11.4 Å². The molecule has 3 rings (SSSR count). The molecule has 3 aromatic rings. The van der Waals surface area contributed by atoms with E-state index >= 15 is 0 Å². The second-order valence-electron chi connectivity index (χ2n) is 7.36. The first-order valence-electron chi connectivity index (χ1n) is 9.76. The number of rotatable bonds is 8. The summed E-state index contributed by atoms with van der Waals surface area (Å²) < 4.78 is 31.1. The van der Waals surface area contributed by atoms with Crippen LogP contribution in [0.5, 0.6) is 0 Å². The van der Waals surface area contributed by atoms with Crippen LogP contribution in [0.3, 0.4) is 0 Å². The summed E-state index contributed by atoms with van der Waals surface area (Å²) in [5, 5.41) is 14.6.